The number of hydrogen-bond acceptors (Lipinski definition) is 5. The van der Waals surface area contributed by atoms with E-state index in [1.807, 2.05) is 12.1 Å². The fourth-order valence-corrected chi connectivity index (χ4v) is 3.16. The van der Waals surface area contributed by atoms with Gasteiger partial charge < -0.3 is 9.63 Å². The minimum absolute atomic E-state index is 0.334. The van der Waals surface area contributed by atoms with E-state index in [-0.39, 0.29) is 0 Å². The molecule has 0 amide bonds. The highest BCUT2D eigenvalue weighted by atomic mass is 16.5. The number of benzene rings is 1. The highest BCUT2D eigenvalue weighted by molar-refractivity contribution is 5.28. The molecule has 0 radical (unpaired) electrons. The Morgan fingerprint density at radius 2 is 1.91 bits per heavy atom. The molecule has 0 atom stereocenters. The highest BCUT2D eigenvalue weighted by Crippen LogP contribution is 2.29. The van der Waals surface area contributed by atoms with Crippen LogP contribution in [0.3, 0.4) is 0 Å². The van der Waals surface area contributed by atoms with E-state index in [1.165, 1.54) is 5.56 Å². The molecule has 2 aromatic rings. The molecule has 0 bridgehead atoms. The van der Waals surface area contributed by atoms with Gasteiger partial charge in [-0.25, -0.2) is 0 Å². The van der Waals surface area contributed by atoms with Crippen LogP contribution in [0, 0.1) is 5.92 Å². The molecule has 1 aliphatic rings. The molecule has 1 aliphatic heterocycles. The molecule has 0 aliphatic carbocycles. The highest BCUT2D eigenvalue weighted by Gasteiger charge is 2.22. The molecule has 0 spiro atoms. The van der Waals surface area contributed by atoms with Gasteiger partial charge in [0.25, 0.3) is 0 Å². The monoisotopic (exact) mass is 315 g/mol. The molecule has 2 heterocycles. The van der Waals surface area contributed by atoms with Crippen molar-refractivity contribution < 1.29 is 9.63 Å². The number of phenols is 1. The van der Waals surface area contributed by atoms with Crippen LogP contribution in [-0.2, 0) is 13.0 Å². The van der Waals surface area contributed by atoms with E-state index in [9.17, 15) is 5.11 Å². The molecule has 5 heteroatoms. The zero-order chi connectivity index (χ0) is 16.2. The molecule has 3 rings (SSSR count). The van der Waals surface area contributed by atoms with E-state index in [0.717, 1.165) is 50.6 Å². The topological polar surface area (TPSA) is 62.4 Å². The SMILES string of the molecule is CC(C)Cc1nc(CN2CCC(c3ccc(O)cc3)CC2)no1. The first-order valence-electron chi connectivity index (χ1n) is 8.43. The Morgan fingerprint density at radius 3 is 2.57 bits per heavy atom. The van der Waals surface area contributed by atoms with E-state index in [4.69, 9.17) is 4.52 Å². The van der Waals surface area contributed by atoms with E-state index in [1.54, 1.807) is 12.1 Å². The van der Waals surface area contributed by atoms with Crippen molar-refractivity contribution in [1.29, 1.82) is 0 Å². The Morgan fingerprint density at radius 1 is 1.22 bits per heavy atom. The lowest BCUT2D eigenvalue weighted by Crippen LogP contribution is -2.32. The smallest absolute Gasteiger partial charge is 0.226 e. The van der Waals surface area contributed by atoms with Crippen LogP contribution in [0.1, 0.15) is 49.9 Å². The van der Waals surface area contributed by atoms with Crippen molar-refractivity contribution in [2.75, 3.05) is 13.1 Å². The van der Waals surface area contributed by atoms with E-state index in [0.29, 0.717) is 17.6 Å². The Hall–Kier alpha value is -1.88. The van der Waals surface area contributed by atoms with Crippen LogP contribution in [0.2, 0.25) is 0 Å². The predicted octanol–water partition coefficient (Wildman–Crippen LogP) is 3.35. The lowest BCUT2D eigenvalue weighted by atomic mass is 9.89. The molecule has 124 valence electrons. The average Bonchev–Trinajstić information content (AvgIpc) is 2.95. The normalized spacial score (nSPS) is 17.0. The van der Waals surface area contributed by atoms with Crippen molar-refractivity contribution in [3.8, 4) is 5.75 Å². The van der Waals surface area contributed by atoms with Gasteiger partial charge in [-0.05, 0) is 55.5 Å². The molecule has 5 nitrogen and oxygen atoms in total. The van der Waals surface area contributed by atoms with Gasteiger partial charge in [0.2, 0.25) is 5.89 Å². The van der Waals surface area contributed by atoms with E-state index >= 15 is 0 Å². The van der Waals surface area contributed by atoms with Crippen LogP contribution in [0.5, 0.6) is 5.75 Å². The first-order chi connectivity index (χ1) is 11.1. The quantitative estimate of drug-likeness (QED) is 0.916. The summed E-state index contributed by atoms with van der Waals surface area (Å²) in [6.45, 7) is 7.15. The Labute approximate surface area is 137 Å². The summed E-state index contributed by atoms with van der Waals surface area (Å²) in [7, 11) is 0. The summed E-state index contributed by atoms with van der Waals surface area (Å²) in [5, 5.41) is 13.5. The van der Waals surface area contributed by atoms with Gasteiger partial charge in [0, 0.05) is 6.42 Å². The van der Waals surface area contributed by atoms with Gasteiger partial charge in [-0.15, -0.1) is 0 Å². The maximum Gasteiger partial charge on any atom is 0.226 e. The third-order valence-electron chi connectivity index (χ3n) is 4.41. The standard InChI is InChI=1S/C18H25N3O2/c1-13(2)11-18-19-17(20-23-18)12-21-9-7-15(8-10-21)14-3-5-16(22)6-4-14/h3-6,13,15,22H,7-12H2,1-2H3. The zero-order valence-corrected chi connectivity index (χ0v) is 13.9. The second-order valence-electron chi connectivity index (χ2n) is 6.84. The lowest BCUT2D eigenvalue weighted by molar-refractivity contribution is 0.198. The van der Waals surface area contributed by atoms with Crippen LogP contribution in [0.4, 0.5) is 0 Å². The van der Waals surface area contributed by atoms with Gasteiger partial charge in [0.05, 0.1) is 6.54 Å². The third-order valence-corrected chi connectivity index (χ3v) is 4.41. The van der Waals surface area contributed by atoms with Crippen LogP contribution >= 0.6 is 0 Å². The summed E-state index contributed by atoms with van der Waals surface area (Å²) in [4.78, 5) is 6.87. The van der Waals surface area contributed by atoms with Gasteiger partial charge in [0.15, 0.2) is 5.82 Å². The third kappa shape index (κ3) is 4.32. The molecule has 23 heavy (non-hydrogen) atoms. The number of phenolic OH excluding ortho intramolecular Hbond substituents is 1. The van der Waals surface area contributed by atoms with Gasteiger partial charge in [-0.2, -0.15) is 4.98 Å². The summed E-state index contributed by atoms with van der Waals surface area (Å²) in [6, 6.07) is 7.62. The average molecular weight is 315 g/mol. The van der Waals surface area contributed by atoms with E-state index in [2.05, 4.69) is 28.9 Å². The van der Waals surface area contributed by atoms with Gasteiger partial charge in [-0.3, -0.25) is 4.90 Å². The minimum Gasteiger partial charge on any atom is -0.508 e. The minimum atomic E-state index is 0.334. The Balaban J connectivity index is 1.51. The van der Waals surface area contributed by atoms with Crippen molar-refractivity contribution in [1.82, 2.24) is 15.0 Å². The van der Waals surface area contributed by atoms with Crippen LogP contribution in [-0.4, -0.2) is 33.2 Å². The summed E-state index contributed by atoms with van der Waals surface area (Å²) >= 11 is 0. The maximum atomic E-state index is 9.39. The number of aromatic hydroxyl groups is 1. The first kappa shape index (κ1) is 16.0. The maximum absolute atomic E-state index is 9.39. The number of aromatic nitrogens is 2. The van der Waals surface area contributed by atoms with Gasteiger partial charge >= 0.3 is 0 Å². The predicted molar refractivity (Wildman–Crippen MR) is 88.2 cm³/mol. The second kappa shape index (κ2) is 7.13. The molecular formula is C18H25N3O2. The molecule has 1 saturated heterocycles. The summed E-state index contributed by atoms with van der Waals surface area (Å²) in [5.41, 5.74) is 1.32. The zero-order valence-electron chi connectivity index (χ0n) is 13.9. The number of piperidine rings is 1. The fraction of sp³-hybridized carbons (Fsp3) is 0.556. The molecule has 1 aromatic carbocycles. The molecular weight excluding hydrogens is 290 g/mol. The van der Waals surface area contributed by atoms with Crippen molar-refractivity contribution in [2.24, 2.45) is 5.92 Å². The molecule has 1 fully saturated rings. The number of likely N-dealkylation sites (tertiary alicyclic amines) is 1. The Bertz CT molecular complexity index is 613. The Kier molecular flexibility index (Phi) is 4.96. The van der Waals surface area contributed by atoms with Gasteiger partial charge in [-0.1, -0.05) is 31.1 Å². The number of rotatable bonds is 5. The van der Waals surface area contributed by atoms with Crippen LogP contribution in [0.15, 0.2) is 28.8 Å². The van der Waals surface area contributed by atoms with Crippen LogP contribution < -0.4 is 0 Å². The first-order valence-corrected chi connectivity index (χ1v) is 8.43. The van der Waals surface area contributed by atoms with Crippen molar-refractivity contribution in [3.63, 3.8) is 0 Å². The molecule has 1 aromatic heterocycles. The summed E-state index contributed by atoms with van der Waals surface area (Å²) < 4.78 is 5.31. The largest absolute Gasteiger partial charge is 0.508 e. The van der Waals surface area contributed by atoms with Crippen LogP contribution in [0.25, 0.3) is 0 Å². The van der Waals surface area contributed by atoms with Gasteiger partial charge in [0.1, 0.15) is 5.75 Å². The fourth-order valence-electron chi connectivity index (χ4n) is 3.16. The molecule has 0 saturated carbocycles. The van der Waals surface area contributed by atoms with Crippen molar-refractivity contribution in [3.05, 3.63) is 41.5 Å². The van der Waals surface area contributed by atoms with Crippen molar-refractivity contribution >= 4 is 0 Å². The number of hydrogen-bond donors (Lipinski definition) is 1. The summed E-state index contributed by atoms with van der Waals surface area (Å²) in [5.74, 6) is 2.98. The van der Waals surface area contributed by atoms with E-state index < -0.39 is 0 Å². The second-order valence-corrected chi connectivity index (χ2v) is 6.84. The molecule has 0 unspecified atom stereocenters. The van der Waals surface area contributed by atoms with Crippen molar-refractivity contribution in [2.45, 2.75) is 45.6 Å². The lowest BCUT2D eigenvalue weighted by Gasteiger charge is -2.31. The molecule has 1 N–H and O–H groups in total. The number of nitrogens with zero attached hydrogens (tertiary/aromatic N) is 3. The summed E-state index contributed by atoms with van der Waals surface area (Å²) in [6.07, 6.45) is 3.10.